The topological polar surface area (TPSA) is 55.6 Å². The lowest BCUT2D eigenvalue weighted by Gasteiger charge is -2.45. The second kappa shape index (κ2) is 5.47. The molecule has 2 heterocycles. The van der Waals surface area contributed by atoms with Crippen molar-refractivity contribution >= 4 is 45.0 Å². The largest absolute Gasteiger partial charge is 0.456 e. The van der Waals surface area contributed by atoms with Crippen molar-refractivity contribution in [2.75, 3.05) is 11.9 Å². The van der Waals surface area contributed by atoms with Crippen molar-refractivity contribution in [3.05, 3.63) is 67.1 Å². The van der Waals surface area contributed by atoms with E-state index in [9.17, 15) is 10.1 Å². The molecule has 5 nitrogen and oxygen atoms in total. The van der Waals surface area contributed by atoms with Crippen LogP contribution in [0.4, 0.5) is 11.4 Å². The highest BCUT2D eigenvalue weighted by atomic mass is 79.9. The van der Waals surface area contributed by atoms with Crippen LogP contribution in [-0.2, 0) is 5.41 Å². The summed E-state index contributed by atoms with van der Waals surface area (Å²) in [5.41, 5.74) is 1.29. The van der Waals surface area contributed by atoms with Crippen molar-refractivity contribution in [3.8, 4) is 5.75 Å². The molecule has 0 saturated carbocycles. The summed E-state index contributed by atoms with van der Waals surface area (Å²) in [7, 11) is 1.93. The highest BCUT2D eigenvalue weighted by Crippen LogP contribution is 2.56. The van der Waals surface area contributed by atoms with Gasteiger partial charge in [0.25, 0.3) is 0 Å². The maximum absolute atomic E-state index is 11.6. The fraction of sp³-hybridized carbons (Fsp3) is 0.263. The Morgan fingerprint density at radius 2 is 2.00 bits per heavy atom. The number of likely N-dealkylation sites (N-methyl/N-ethyl adjacent to an activating group) is 1. The monoisotopic (exact) mass is 434 g/mol. The van der Waals surface area contributed by atoms with Gasteiger partial charge < -0.3 is 9.64 Å². The summed E-state index contributed by atoms with van der Waals surface area (Å²) in [5, 5.41) is 12.2. The van der Waals surface area contributed by atoms with E-state index in [-0.39, 0.29) is 11.4 Å². The number of nitro benzene ring substituents is 1. The van der Waals surface area contributed by atoms with Gasteiger partial charge in [-0.3, -0.25) is 10.1 Å². The van der Waals surface area contributed by atoms with Crippen LogP contribution in [0.25, 0.3) is 6.08 Å². The van der Waals surface area contributed by atoms with Gasteiger partial charge in [0, 0.05) is 33.9 Å². The highest BCUT2D eigenvalue weighted by molar-refractivity contribution is 9.10. The van der Waals surface area contributed by atoms with Crippen LogP contribution >= 0.6 is 27.5 Å². The number of hydrogen-bond acceptors (Lipinski definition) is 4. The predicted molar refractivity (Wildman–Crippen MR) is 106 cm³/mol. The lowest BCUT2D eigenvalue weighted by atomic mass is 9.76. The van der Waals surface area contributed by atoms with Crippen molar-refractivity contribution in [1.29, 1.82) is 0 Å². The molecule has 0 aliphatic carbocycles. The third-order valence-electron chi connectivity index (χ3n) is 5.39. The molecule has 0 amide bonds. The molecule has 2 aromatic carbocycles. The molecule has 1 unspecified atom stereocenters. The van der Waals surface area contributed by atoms with Crippen LogP contribution in [0.2, 0.25) is 5.02 Å². The summed E-state index contributed by atoms with van der Waals surface area (Å²) in [5.74, 6) is 0.277. The quantitative estimate of drug-likeness (QED) is 0.436. The second-order valence-electron chi connectivity index (χ2n) is 7.08. The Morgan fingerprint density at radius 3 is 2.69 bits per heavy atom. The normalized spacial score (nSPS) is 22.1. The number of fused-ring (bicyclic) bond motifs is 2. The Balaban J connectivity index is 1.93. The third-order valence-corrected chi connectivity index (χ3v) is 6.09. The van der Waals surface area contributed by atoms with E-state index in [4.69, 9.17) is 16.3 Å². The Morgan fingerprint density at radius 1 is 1.27 bits per heavy atom. The minimum Gasteiger partial charge on any atom is -0.456 e. The van der Waals surface area contributed by atoms with Gasteiger partial charge in [-0.05, 0) is 55.8 Å². The van der Waals surface area contributed by atoms with E-state index in [1.165, 1.54) is 6.07 Å². The molecule has 4 rings (SSSR count). The first-order valence-corrected chi connectivity index (χ1v) is 9.24. The average Bonchev–Trinajstić information content (AvgIpc) is 2.73. The van der Waals surface area contributed by atoms with Gasteiger partial charge in [0.1, 0.15) is 0 Å². The van der Waals surface area contributed by atoms with E-state index in [2.05, 4.69) is 29.8 Å². The highest BCUT2D eigenvalue weighted by Gasteiger charge is 2.58. The Labute approximate surface area is 164 Å². The van der Waals surface area contributed by atoms with Crippen LogP contribution in [-0.4, -0.2) is 17.7 Å². The van der Waals surface area contributed by atoms with Crippen LogP contribution in [0.1, 0.15) is 25.0 Å². The Hall–Kier alpha value is -2.05. The Bertz CT molecular complexity index is 989. The molecule has 0 radical (unpaired) electrons. The molecule has 7 heteroatoms. The molecule has 2 aromatic rings. The molecule has 2 aliphatic heterocycles. The standard InChI is InChI=1S/C19H16BrClN2O3/c1-18(2)14-10-13(21)4-5-15(14)22(3)19(18)7-6-11-8-12(20)9-16(23(24)25)17(11)26-19/h4-10H,1-3H3. The maximum atomic E-state index is 11.6. The third kappa shape index (κ3) is 2.15. The van der Waals surface area contributed by atoms with Gasteiger partial charge in [-0.2, -0.15) is 0 Å². The second-order valence-corrected chi connectivity index (χ2v) is 8.43. The lowest BCUT2D eigenvalue weighted by Crippen LogP contribution is -2.58. The van der Waals surface area contributed by atoms with Crippen LogP contribution in [0.15, 0.2) is 40.9 Å². The summed E-state index contributed by atoms with van der Waals surface area (Å²) < 4.78 is 7.05. The first kappa shape index (κ1) is 17.4. The van der Waals surface area contributed by atoms with Crippen LogP contribution in [0.3, 0.4) is 0 Å². The van der Waals surface area contributed by atoms with Gasteiger partial charge in [-0.25, -0.2) is 0 Å². The number of hydrogen-bond donors (Lipinski definition) is 0. The number of halogens is 2. The molecule has 2 aliphatic rings. The van der Waals surface area contributed by atoms with E-state index in [1.54, 1.807) is 0 Å². The van der Waals surface area contributed by atoms with Crippen molar-refractivity contribution < 1.29 is 9.66 Å². The van der Waals surface area contributed by atoms with Gasteiger partial charge in [0.15, 0.2) is 0 Å². The summed E-state index contributed by atoms with van der Waals surface area (Å²) in [6, 6.07) is 9.02. The molecule has 26 heavy (non-hydrogen) atoms. The van der Waals surface area contributed by atoms with Crippen LogP contribution in [0.5, 0.6) is 5.75 Å². The van der Waals surface area contributed by atoms with Crippen molar-refractivity contribution in [1.82, 2.24) is 0 Å². The van der Waals surface area contributed by atoms with Gasteiger partial charge in [-0.15, -0.1) is 0 Å². The van der Waals surface area contributed by atoms with Crippen molar-refractivity contribution in [2.45, 2.75) is 25.0 Å². The molecular weight excluding hydrogens is 420 g/mol. The van der Waals surface area contributed by atoms with Gasteiger partial charge >= 0.3 is 5.69 Å². The van der Waals surface area contributed by atoms with E-state index in [0.29, 0.717) is 15.1 Å². The molecule has 0 saturated heterocycles. The van der Waals surface area contributed by atoms with Crippen molar-refractivity contribution in [2.24, 2.45) is 0 Å². The molecule has 0 N–H and O–H groups in total. The molecule has 0 bridgehead atoms. The van der Waals surface area contributed by atoms with Gasteiger partial charge in [0.2, 0.25) is 11.5 Å². The number of anilines is 1. The molecular formula is C19H16BrClN2O3. The zero-order chi connectivity index (χ0) is 18.9. The van der Waals surface area contributed by atoms with E-state index >= 15 is 0 Å². The van der Waals surface area contributed by atoms with Crippen molar-refractivity contribution in [3.63, 3.8) is 0 Å². The maximum Gasteiger partial charge on any atom is 0.312 e. The fourth-order valence-electron chi connectivity index (χ4n) is 3.97. The summed E-state index contributed by atoms with van der Waals surface area (Å²) >= 11 is 9.55. The smallest absolute Gasteiger partial charge is 0.312 e. The number of nitro groups is 1. The van der Waals surface area contributed by atoms with Crippen LogP contribution in [0, 0.1) is 10.1 Å². The fourth-order valence-corrected chi connectivity index (χ4v) is 4.61. The first-order valence-electron chi connectivity index (χ1n) is 8.07. The molecule has 0 fully saturated rings. The molecule has 134 valence electrons. The predicted octanol–water partition coefficient (Wildman–Crippen LogP) is 5.54. The zero-order valence-corrected chi connectivity index (χ0v) is 16.8. The molecule has 0 aromatic heterocycles. The molecule has 1 atom stereocenters. The van der Waals surface area contributed by atoms with E-state index < -0.39 is 16.1 Å². The SMILES string of the molecule is CN1c2ccc(Cl)cc2C(C)(C)C12C=Cc1cc(Br)cc([N+](=O)[O-])c1O2. The summed E-state index contributed by atoms with van der Waals surface area (Å²) in [6.45, 7) is 4.12. The van der Waals surface area contributed by atoms with Gasteiger partial charge in [0.05, 0.1) is 10.3 Å². The lowest BCUT2D eigenvalue weighted by molar-refractivity contribution is -0.386. The molecule has 1 spiro atoms. The summed E-state index contributed by atoms with van der Waals surface area (Å²) in [4.78, 5) is 13.2. The average molecular weight is 436 g/mol. The minimum absolute atomic E-state index is 0.0590. The number of benzene rings is 2. The number of rotatable bonds is 1. The number of ether oxygens (including phenoxy) is 1. The van der Waals surface area contributed by atoms with Crippen LogP contribution < -0.4 is 9.64 Å². The number of nitrogens with zero attached hydrogens (tertiary/aromatic N) is 2. The van der Waals surface area contributed by atoms with E-state index in [1.807, 2.05) is 48.4 Å². The van der Waals surface area contributed by atoms with E-state index in [0.717, 1.165) is 11.3 Å². The first-order chi connectivity index (χ1) is 12.2. The Kier molecular flexibility index (Phi) is 3.66. The zero-order valence-electron chi connectivity index (χ0n) is 14.4. The minimum atomic E-state index is -0.883. The summed E-state index contributed by atoms with van der Waals surface area (Å²) in [6.07, 6.45) is 3.86. The van der Waals surface area contributed by atoms with Gasteiger partial charge in [-0.1, -0.05) is 27.5 Å².